The maximum Gasteiger partial charge on any atom is 0.310 e. The van der Waals surface area contributed by atoms with Gasteiger partial charge in [0.25, 0.3) is 0 Å². The summed E-state index contributed by atoms with van der Waals surface area (Å²) < 4.78 is 34.0. The molecule has 0 fully saturated rings. The zero-order valence-corrected chi connectivity index (χ0v) is 16.0. The van der Waals surface area contributed by atoms with Gasteiger partial charge in [-0.15, -0.1) is 0 Å². The average Bonchev–Trinajstić information content (AvgIpc) is 2.65. The van der Waals surface area contributed by atoms with Crippen molar-refractivity contribution in [3.8, 4) is 5.88 Å². The fourth-order valence-corrected chi connectivity index (χ4v) is 2.83. The van der Waals surface area contributed by atoms with Gasteiger partial charge in [0.1, 0.15) is 5.82 Å². The molecule has 28 heavy (non-hydrogen) atoms. The van der Waals surface area contributed by atoms with E-state index in [-0.39, 0.29) is 18.3 Å². The van der Waals surface area contributed by atoms with Gasteiger partial charge in [-0.1, -0.05) is 12.1 Å². The Labute approximate surface area is 160 Å². The smallest absolute Gasteiger partial charge is 0.310 e. The third-order valence-corrected chi connectivity index (χ3v) is 4.33. The Hall–Kier alpha value is -3.29. The number of benzene rings is 1. The largest absolute Gasteiger partial charge is 0.481 e. The van der Waals surface area contributed by atoms with Crippen molar-refractivity contribution < 1.29 is 13.5 Å². The lowest BCUT2D eigenvalue weighted by molar-refractivity contribution is 0.394. The van der Waals surface area contributed by atoms with E-state index in [2.05, 4.69) is 15.3 Å². The van der Waals surface area contributed by atoms with Gasteiger partial charge in [-0.3, -0.25) is 4.79 Å². The monoisotopic (exact) mass is 386 g/mol. The summed E-state index contributed by atoms with van der Waals surface area (Å²) >= 11 is 0. The third-order valence-electron chi connectivity index (χ3n) is 4.33. The molecule has 146 valence electrons. The van der Waals surface area contributed by atoms with Crippen molar-refractivity contribution in [3.63, 3.8) is 0 Å². The van der Waals surface area contributed by atoms with E-state index >= 15 is 0 Å². The van der Waals surface area contributed by atoms with Crippen LogP contribution in [-0.2, 0) is 6.54 Å². The number of nitrogens with one attached hydrogen (secondary N) is 1. The van der Waals surface area contributed by atoms with Crippen LogP contribution in [0.2, 0.25) is 0 Å². The molecule has 0 aliphatic heterocycles. The first-order valence-electron chi connectivity index (χ1n) is 8.59. The summed E-state index contributed by atoms with van der Waals surface area (Å²) in [6, 6.07) is 6.43. The number of rotatable bonds is 5. The second-order valence-electron chi connectivity index (χ2n) is 6.50. The molecule has 6 nitrogen and oxygen atoms in total. The van der Waals surface area contributed by atoms with Crippen LogP contribution in [0.15, 0.2) is 35.3 Å². The van der Waals surface area contributed by atoms with E-state index in [1.807, 2.05) is 13.0 Å². The third kappa shape index (κ3) is 4.00. The van der Waals surface area contributed by atoms with E-state index in [1.165, 1.54) is 17.7 Å². The minimum atomic E-state index is -0.968. The molecule has 0 bridgehead atoms. The van der Waals surface area contributed by atoms with Gasteiger partial charge in [-0.25, -0.2) is 9.37 Å². The van der Waals surface area contributed by atoms with Gasteiger partial charge in [-0.2, -0.15) is 9.37 Å². The molecule has 0 saturated carbocycles. The summed E-state index contributed by atoms with van der Waals surface area (Å²) in [6.45, 7) is 5.47. The molecule has 0 spiro atoms. The second kappa shape index (κ2) is 7.75. The topological polar surface area (TPSA) is 69.0 Å². The highest BCUT2D eigenvalue weighted by Gasteiger charge is 2.13. The van der Waals surface area contributed by atoms with Crippen molar-refractivity contribution in [2.45, 2.75) is 27.3 Å². The first-order valence-corrected chi connectivity index (χ1v) is 8.59. The Morgan fingerprint density at radius 1 is 1.07 bits per heavy atom. The van der Waals surface area contributed by atoms with Crippen LogP contribution in [0.25, 0.3) is 0 Å². The van der Waals surface area contributed by atoms with Gasteiger partial charge in [-0.05, 0) is 44.0 Å². The van der Waals surface area contributed by atoms with E-state index in [0.717, 1.165) is 17.3 Å². The van der Waals surface area contributed by atoms with E-state index in [4.69, 9.17) is 4.74 Å². The molecule has 1 aromatic carbocycles. The summed E-state index contributed by atoms with van der Waals surface area (Å²) in [5.74, 6) is -0.635. The van der Waals surface area contributed by atoms with Gasteiger partial charge < -0.3 is 14.6 Å². The molecular formula is C20H20F2N4O2. The number of hydrogen-bond acceptors (Lipinski definition) is 5. The molecule has 1 N–H and O–H groups in total. The normalized spacial score (nSPS) is 10.8. The van der Waals surface area contributed by atoms with Crippen LogP contribution in [0.1, 0.15) is 22.4 Å². The maximum atomic E-state index is 13.9. The van der Waals surface area contributed by atoms with Crippen LogP contribution in [-0.4, -0.2) is 21.6 Å². The number of hydrogen-bond donors (Lipinski definition) is 1. The summed E-state index contributed by atoms with van der Waals surface area (Å²) in [5, 5.41) is 3.04. The second-order valence-corrected chi connectivity index (χ2v) is 6.50. The van der Waals surface area contributed by atoms with Crippen molar-refractivity contribution in [1.29, 1.82) is 0 Å². The van der Waals surface area contributed by atoms with Gasteiger partial charge in [0.15, 0.2) is 0 Å². The lowest BCUT2D eigenvalue weighted by Gasteiger charge is -2.16. The van der Waals surface area contributed by atoms with Gasteiger partial charge in [0.2, 0.25) is 17.6 Å². The number of methoxy groups -OCH3 is 1. The summed E-state index contributed by atoms with van der Waals surface area (Å²) in [7, 11) is 1.53. The van der Waals surface area contributed by atoms with Crippen LogP contribution < -0.4 is 15.6 Å². The zero-order chi connectivity index (χ0) is 20.4. The molecule has 8 heteroatoms. The molecule has 0 atom stereocenters. The lowest BCUT2D eigenvalue weighted by Crippen LogP contribution is -2.20. The van der Waals surface area contributed by atoms with Gasteiger partial charge in [0.05, 0.1) is 25.0 Å². The highest BCUT2D eigenvalue weighted by molar-refractivity contribution is 5.59. The summed E-state index contributed by atoms with van der Waals surface area (Å²) in [4.78, 5) is 19.9. The zero-order valence-electron chi connectivity index (χ0n) is 16.0. The number of anilines is 2. The SMILES string of the molecule is COc1nc(C)c(Nc2nc(=O)c(F)cn2Cc2ccc(F)c(C)c2)cc1C. The van der Waals surface area contributed by atoms with E-state index < -0.39 is 11.4 Å². The van der Waals surface area contributed by atoms with Crippen molar-refractivity contribution in [1.82, 2.24) is 14.5 Å². The van der Waals surface area contributed by atoms with E-state index in [9.17, 15) is 13.6 Å². The Balaban J connectivity index is 2.01. The van der Waals surface area contributed by atoms with Crippen LogP contribution in [0, 0.1) is 32.4 Å². The fourth-order valence-electron chi connectivity index (χ4n) is 2.83. The standard InChI is InChI=1S/C20H20F2N4O2/c1-11-7-14(5-6-15(11)21)9-26-10-16(22)18(27)25-20(26)24-17-8-12(2)19(28-4)23-13(17)3/h5-8,10H,9H2,1-4H3,(H,24,25,27). The molecule has 0 aliphatic carbocycles. The van der Waals surface area contributed by atoms with Crippen LogP contribution >= 0.6 is 0 Å². The Kier molecular flexibility index (Phi) is 5.39. The Morgan fingerprint density at radius 2 is 1.82 bits per heavy atom. The minimum absolute atomic E-state index is 0.155. The number of aryl methyl sites for hydroxylation is 3. The van der Waals surface area contributed by atoms with E-state index in [1.54, 1.807) is 26.0 Å². The molecule has 0 unspecified atom stereocenters. The predicted octanol–water partition coefficient (Wildman–Crippen LogP) is 3.64. The number of halogens is 2. The quantitative estimate of drug-likeness (QED) is 0.725. The molecule has 0 amide bonds. The minimum Gasteiger partial charge on any atom is -0.481 e. The first kappa shape index (κ1) is 19.5. The van der Waals surface area contributed by atoms with Crippen molar-refractivity contribution in [2.75, 3.05) is 12.4 Å². The maximum absolute atomic E-state index is 13.9. The van der Waals surface area contributed by atoms with Crippen LogP contribution in [0.3, 0.4) is 0 Å². The lowest BCUT2D eigenvalue weighted by atomic mass is 10.1. The fraction of sp³-hybridized carbons (Fsp3) is 0.250. The van der Waals surface area contributed by atoms with Crippen LogP contribution in [0.5, 0.6) is 5.88 Å². The molecular weight excluding hydrogens is 366 g/mol. The van der Waals surface area contributed by atoms with Gasteiger partial charge >= 0.3 is 5.56 Å². The average molecular weight is 386 g/mol. The molecule has 3 rings (SSSR count). The highest BCUT2D eigenvalue weighted by Crippen LogP contribution is 2.24. The summed E-state index contributed by atoms with van der Waals surface area (Å²) in [5.41, 5.74) is 2.29. The predicted molar refractivity (Wildman–Crippen MR) is 102 cm³/mol. The van der Waals surface area contributed by atoms with Crippen molar-refractivity contribution in [3.05, 3.63) is 74.8 Å². The molecule has 2 aromatic heterocycles. The van der Waals surface area contributed by atoms with Crippen LogP contribution in [0.4, 0.5) is 20.4 Å². The molecule has 0 radical (unpaired) electrons. The molecule has 2 heterocycles. The number of pyridine rings is 1. The number of ether oxygens (including phenoxy) is 1. The van der Waals surface area contributed by atoms with Gasteiger partial charge in [0, 0.05) is 11.8 Å². The van der Waals surface area contributed by atoms with E-state index in [0.29, 0.717) is 22.8 Å². The highest BCUT2D eigenvalue weighted by atomic mass is 19.1. The van der Waals surface area contributed by atoms with Crippen molar-refractivity contribution in [2.24, 2.45) is 0 Å². The molecule has 3 aromatic rings. The van der Waals surface area contributed by atoms with Crippen molar-refractivity contribution >= 4 is 11.6 Å². The molecule has 0 saturated heterocycles. The Morgan fingerprint density at radius 3 is 2.50 bits per heavy atom. The first-order chi connectivity index (χ1) is 13.3. The Bertz CT molecular complexity index is 1100. The number of nitrogens with zero attached hydrogens (tertiary/aromatic N) is 3. The molecule has 0 aliphatic rings. The summed E-state index contributed by atoms with van der Waals surface area (Å²) in [6.07, 6.45) is 1.08. The number of aromatic nitrogens is 3.